The van der Waals surface area contributed by atoms with Crippen molar-refractivity contribution in [3.63, 3.8) is 0 Å². The van der Waals surface area contributed by atoms with Crippen molar-refractivity contribution >= 4 is 17.4 Å². The fraction of sp³-hybridized carbons (Fsp3) is 0.100. The molecule has 4 aromatic rings. The Hall–Kier alpha value is -4.14. The molecule has 1 aliphatic heterocycles. The number of nitrogens with zero attached hydrogens (tertiary/aromatic N) is 3. The zero-order chi connectivity index (χ0) is 20.0. The van der Waals surface area contributed by atoms with E-state index in [4.69, 9.17) is 9.47 Å². The van der Waals surface area contributed by atoms with Crippen LogP contribution >= 0.6 is 0 Å². The Kier molecular flexibility index (Phi) is 3.80. The number of amides is 1. The summed E-state index contributed by atoms with van der Waals surface area (Å²) in [6.45, 7) is 1.55. The topological polar surface area (TPSA) is 111 Å². The van der Waals surface area contributed by atoms with Gasteiger partial charge in [0, 0.05) is 24.8 Å². The summed E-state index contributed by atoms with van der Waals surface area (Å²) in [6.07, 6.45) is 1.64. The summed E-state index contributed by atoms with van der Waals surface area (Å²) in [6, 6.07) is 12.2. The van der Waals surface area contributed by atoms with Gasteiger partial charge in [-0.2, -0.15) is 4.52 Å². The number of fused-ring (bicyclic) bond motifs is 2. The number of anilines is 1. The molecule has 0 bridgehead atoms. The van der Waals surface area contributed by atoms with Crippen LogP contribution < -0.4 is 20.3 Å². The lowest BCUT2D eigenvalue weighted by Gasteiger charge is -2.05. The molecule has 0 spiro atoms. The molecule has 2 N–H and O–H groups in total. The Labute approximate surface area is 163 Å². The van der Waals surface area contributed by atoms with Gasteiger partial charge in [0.2, 0.25) is 12.7 Å². The van der Waals surface area contributed by atoms with Crippen LogP contribution in [0.2, 0.25) is 0 Å². The number of carbonyl (C=O) groups excluding carboxylic acids is 1. The van der Waals surface area contributed by atoms with Crippen LogP contribution in [0.25, 0.3) is 28.2 Å². The van der Waals surface area contributed by atoms with Crippen LogP contribution in [-0.4, -0.2) is 32.3 Å². The molecule has 1 aromatic carbocycles. The maximum Gasteiger partial charge on any atom is 0.273 e. The van der Waals surface area contributed by atoms with Gasteiger partial charge in [-0.3, -0.25) is 19.7 Å². The van der Waals surface area contributed by atoms with Crippen molar-refractivity contribution in [2.24, 2.45) is 0 Å². The Balaban J connectivity index is 1.75. The van der Waals surface area contributed by atoms with E-state index in [1.807, 2.05) is 12.1 Å². The maximum atomic E-state index is 12.8. The van der Waals surface area contributed by atoms with Gasteiger partial charge < -0.3 is 14.8 Å². The van der Waals surface area contributed by atoms with Crippen LogP contribution in [0.15, 0.2) is 53.5 Å². The molecule has 0 atom stereocenters. The molecule has 0 fully saturated rings. The fourth-order valence-electron chi connectivity index (χ4n) is 3.26. The summed E-state index contributed by atoms with van der Waals surface area (Å²) >= 11 is 0. The molecule has 0 saturated heterocycles. The zero-order valence-corrected chi connectivity index (χ0v) is 15.3. The van der Waals surface area contributed by atoms with E-state index in [1.165, 1.54) is 17.5 Å². The van der Waals surface area contributed by atoms with Gasteiger partial charge in [-0.25, -0.2) is 4.98 Å². The van der Waals surface area contributed by atoms with Crippen molar-refractivity contribution in [1.29, 1.82) is 0 Å². The molecule has 3 aromatic heterocycles. The van der Waals surface area contributed by atoms with E-state index in [0.29, 0.717) is 45.5 Å². The average Bonchev–Trinajstić information content (AvgIpc) is 3.32. The highest BCUT2D eigenvalue weighted by Crippen LogP contribution is 2.36. The number of benzene rings is 1. The van der Waals surface area contributed by atoms with Crippen molar-refractivity contribution in [1.82, 2.24) is 19.6 Å². The van der Waals surface area contributed by atoms with Gasteiger partial charge in [-0.05, 0) is 30.3 Å². The van der Waals surface area contributed by atoms with E-state index in [1.54, 1.807) is 30.5 Å². The summed E-state index contributed by atoms with van der Waals surface area (Å²) in [5.41, 5.74) is 2.32. The van der Waals surface area contributed by atoms with Crippen LogP contribution in [0.1, 0.15) is 6.92 Å². The van der Waals surface area contributed by atoms with E-state index in [2.05, 4.69) is 20.4 Å². The minimum absolute atomic E-state index is 0.162. The van der Waals surface area contributed by atoms with E-state index in [9.17, 15) is 9.59 Å². The third-order valence-corrected chi connectivity index (χ3v) is 4.51. The maximum absolute atomic E-state index is 12.8. The van der Waals surface area contributed by atoms with Gasteiger partial charge in [-0.15, -0.1) is 0 Å². The normalized spacial score (nSPS) is 12.3. The third-order valence-electron chi connectivity index (χ3n) is 4.51. The van der Waals surface area contributed by atoms with Crippen molar-refractivity contribution in [3.05, 3.63) is 59.0 Å². The summed E-state index contributed by atoms with van der Waals surface area (Å²) in [7, 11) is 0. The average molecular weight is 389 g/mol. The van der Waals surface area contributed by atoms with Crippen LogP contribution in [0.4, 0.5) is 5.82 Å². The van der Waals surface area contributed by atoms with E-state index >= 15 is 0 Å². The molecular formula is C20H15N5O4. The number of hydrogen-bond acceptors (Lipinski definition) is 6. The lowest BCUT2D eigenvalue weighted by Crippen LogP contribution is -2.15. The SMILES string of the molecule is CC(=O)Nc1[nH]n2c(=O)cc(-c3ccc4c(c3)OCO4)nc2c1-c1ccccn1. The zero-order valence-electron chi connectivity index (χ0n) is 15.3. The molecule has 1 amide bonds. The summed E-state index contributed by atoms with van der Waals surface area (Å²) in [5, 5.41) is 5.62. The predicted molar refractivity (Wildman–Crippen MR) is 105 cm³/mol. The summed E-state index contributed by atoms with van der Waals surface area (Å²) < 4.78 is 12.0. The molecule has 4 heterocycles. The van der Waals surface area contributed by atoms with Gasteiger partial charge in [0.1, 0.15) is 5.82 Å². The summed E-state index contributed by atoms with van der Waals surface area (Å²) in [4.78, 5) is 33.5. The van der Waals surface area contributed by atoms with Gasteiger partial charge >= 0.3 is 0 Å². The quantitative estimate of drug-likeness (QED) is 0.557. The van der Waals surface area contributed by atoms with Crippen molar-refractivity contribution < 1.29 is 14.3 Å². The number of rotatable bonds is 3. The molecule has 0 radical (unpaired) electrons. The first-order valence-electron chi connectivity index (χ1n) is 8.85. The molecule has 0 aliphatic carbocycles. The highest BCUT2D eigenvalue weighted by molar-refractivity contribution is 5.96. The molecule has 1 aliphatic rings. The van der Waals surface area contributed by atoms with E-state index in [-0.39, 0.29) is 18.3 Å². The second kappa shape index (κ2) is 6.48. The molecule has 144 valence electrons. The Morgan fingerprint density at radius 1 is 1.14 bits per heavy atom. The molecule has 9 heteroatoms. The number of pyridine rings is 1. The molecule has 5 rings (SSSR count). The largest absolute Gasteiger partial charge is 0.454 e. The van der Waals surface area contributed by atoms with Crippen LogP contribution in [0, 0.1) is 0 Å². The Morgan fingerprint density at radius 2 is 2.00 bits per heavy atom. The van der Waals surface area contributed by atoms with Crippen LogP contribution in [0.5, 0.6) is 11.5 Å². The molecule has 0 unspecified atom stereocenters. The molecule has 29 heavy (non-hydrogen) atoms. The number of aromatic amines is 1. The summed E-state index contributed by atoms with van der Waals surface area (Å²) in [5.74, 6) is 1.32. The van der Waals surface area contributed by atoms with Crippen LogP contribution in [-0.2, 0) is 4.79 Å². The van der Waals surface area contributed by atoms with Gasteiger partial charge in [0.05, 0.1) is 17.0 Å². The molecule has 9 nitrogen and oxygen atoms in total. The Bertz CT molecular complexity index is 1310. The van der Waals surface area contributed by atoms with Crippen LogP contribution in [0.3, 0.4) is 0 Å². The fourth-order valence-corrected chi connectivity index (χ4v) is 3.26. The first-order chi connectivity index (χ1) is 14.1. The van der Waals surface area contributed by atoms with Crippen molar-refractivity contribution in [2.75, 3.05) is 12.1 Å². The number of hydrogen-bond donors (Lipinski definition) is 2. The Morgan fingerprint density at radius 3 is 2.79 bits per heavy atom. The third kappa shape index (κ3) is 2.89. The number of carbonyl (C=O) groups is 1. The molecule has 0 saturated carbocycles. The first kappa shape index (κ1) is 17.0. The molecular weight excluding hydrogens is 374 g/mol. The highest BCUT2D eigenvalue weighted by Gasteiger charge is 2.20. The number of H-pyrrole nitrogens is 1. The minimum Gasteiger partial charge on any atom is -0.454 e. The lowest BCUT2D eigenvalue weighted by atomic mass is 10.1. The second-order valence-electron chi connectivity index (χ2n) is 6.46. The second-order valence-corrected chi connectivity index (χ2v) is 6.46. The minimum atomic E-state index is -0.323. The highest BCUT2D eigenvalue weighted by atomic mass is 16.7. The van der Waals surface area contributed by atoms with Gasteiger partial charge in [-0.1, -0.05) is 6.07 Å². The lowest BCUT2D eigenvalue weighted by molar-refractivity contribution is -0.114. The monoisotopic (exact) mass is 389 g/mol. The van der Waals surface area contributed by atoms with Gasteiger partial charge in [0.15, 0.2) is 17.1 Å². The smallest absolute Gasteiger partial charge is 0.273 e. The van der Waals surface area contributed by atoms with E-state index < -0.39 is 0 Å². The standard InChI is InChI=1S/C20H15N5O4/c1-11(26)22-19-18(13-4-2-3-7-21-13)20-23-14(9-17(27)25(20)24-19)12-5-6-15-16(8-12)29-10-28-15/h2-9,24H,10H2,1H3,(H,22,26). The van der Waals surface area contributed by atoms with E-state index in [0.717, 1.165) is 0 Å². The van der Waals surface area contributed by atoms with Crippen molar-refractivity contribution in [3.8, 4) is 34.0 Å². The van der Waals surface area contributed by atoms with Crippen molar-refractivity contribution in [2.45, 2.75) is 6.92 Å². The predicted octanol–water partition coefficient (Wildman–Crippen LogP) is 2.44. The number of ether oxygens (including phenoxy) is 2. The number of nitrogens with one attached hydrogen (secondary N) is 2. The first-order valence-corrected chi connectivity index (χ1v) is 8.85. The number of aromatic nitrogens is 4. The van der Waals surface area contributed by atoms with Gasteiger partial charge in [0.25, 0.3) is 5.56 Å².